The minimum atomic E-state index is 0.291. The zero-order valence-corrected chi connectivity index (χ0v) is 11.8. The van der Waals surface area contributed by atoms with Crippen LogP contribution in [0.3, 0.4) is 0 Å². The van der Waals surface area contributed by atoms with Crippen molar-refractivity contribution in [1.82, 2.24) is 9.55 Å². The zero-order chi connectivity index (χ0) is 13.0. The van der Waals surface area contributed by atoms with Crippen LogP contribution in [0.1, 0.15) is 38.3 Å². The number of nitrogens with one attached hydrogen (secondary N) is 1. The summed E-state index contributed by atoms with van der Waals surface area (Å²) in [5.41, 5.74) is 1.08. The largest absolute Gasteiger partial charge is 0.383 e. The van der Waals surface area contributed by atoms with Gasteiger partial charge in [-0.05, 0) is 26.2 Å². The van der Waals surface area contributed by atoms with Gasteiger partial charge in [0.2, 0.25) is 5.95 Å². The molecule has 0 bridgehead atoms. The van der Waals surface area contributed by atoms with Gasteiger partial charge < -0.3 is 14.6 Å². The van der Waals surface area contributed by atoms with E-state index in [0.717, 1.165) is 24.1 Å². The molecule has 4 heteroatoms. The summed E-state index contributed by atoms with van der Waals surface area (Å²) in [5.74, 6) is 1.92. The van der Waals surface area contributed by atoms with Crippen molar-refractivity contribution >= 4 is 5.95 Å². The van der Waals surface area contributed by atoms with E-state index in [0.29, 0.717) is 12.6 Å². The molecule has 1 N–H and O–H groups in total. The quantitative estimate of drug-likeness (QED) is 0.810. The van der Waals surface area contributed by atoms with Crippen molar-refractivity contribution in [3.63, 3.8) is 0 Å². The number of aryl methyl sites for hydroxylation is 2. The first-order valence-corrected chi connectivity index (χ1v) is 6.98. The Kier molecular flexibility index (Phi) is 4.64. The fraction of sp³-hybridized carbons (Fsp3) is 0.786. The van der Waals surface area contributed by atoms with Crippen molar-refractivity contribution in [2.75, 3.05) is 19.0 Å². The van der Waals surface area contributed by atoms with Crippen LogP contribution in [0.4, 0.5) is 5.95 Å². The first-order chi connectivity index (χ1) is 8.69. The molecule has 1 unspecified atom stereocenters. The van der Waals surface area contributed by atoms with Crippen LogP contribution >= 0.6 is 0 Å². The minimum absolute atomic E-state index is 0.291. The van der Waals surface area contributed by atoms with Crippen molar-refractivity contribution in [2.45, 2.75) is 52.1 Å². The van der Waals surface area contributed by atoms with Gasteiger partial charge in [0, 0.05) is 25.9 Å². The van der Waals surface area contributed by atoms with Crippen LogP contribution in [0.5, 0.6) is 0 Å². The van der Waals surface area contributed by atoms with E-state index < -0.39 is 0 Å². The Morgan fingerprint density at radius 3 is 2.94 bits per heavy atom. The lowest BCUT2D eigenvalue weighted by atomic mass is 9.83. The maximum atomic E-state index is 5.15. The number of aromatic nitrogens is 2. The summed E-state index contributed by atoms with van der Waals surface area (Å²) in [6.07, 6.45) is 7.67. The summed E-state index contributed by atoms with van der Waals surface area (Å²) < 4.78 is 7.40. The topological polar surface area (TPSA) is 39.1 Å². The molecule has 1 fully saturated rings. The predicted molar refractivity (Wildman–Crippen MR) is 73.9 cm³/mol. The predicted octanol–water partition coefficient (Wildman–Crippen LogP) is 2.83. The Morgan fingerprint density at radius 2 is 2.33 bits per heavy atom. The lowest BCUT2D eigenvalue weighted by Gasteiger charge is -2.25. The molecule has 0 aliphatic heterocycles. The van der Waals surface area contributed by atoms with Crippen LogP contribution in [0.2, 0.25) is 0 Å². The third-order valence-electron chi connectivity index (χ3n) is 3.69. The van der Waals surface area contributed by atoms with Crippen LogP contribution in [0.15, 0.2) is 6.20 Å². The van der Waals surface area contributed by atoms with Crippen LogP contribution in [-0.4, -0.2) is 29.3 Å². The third kappa shape index (κ3) is 3.48. The van der Waals surface area contributed by atoms with E-state index >= 15 is 0 Å². The highest BCUT2D eigenvalue weighted by atomic mass is 16.5. The number of methoxy groups -OCH3 is 1. The smallest absolute Gasteiger partial charge is 0.203 e. The molecule has 4 nitrogen and oxygen atoms in total. The Hall–Kier alpha value is -1.03. The van der Waals surface area contributed by atoms with Gasteiger partial charge in [-0.2, -0.15) is 0 Å². The molecule has 0 spiro atoms. The Labute approximate surface area is 110 Å². The Bertz CT molecular complexity index is 371. The molecule has 1 aromatic heterocycles. The van der Waals surface area contributed by atoms with Gasteiger partial charge in [0.05, 0.1) is 12.3 Å². The highest BCUT2D eigenvalue weighted by Gasteiger charge is 2.18. The van der Waals surface area contributed by atoms with Gasteiger partial charge in [-0.15, -0.1) is 0 Å². The lowest BCUT2D eigenvalue weighted by Crippen LogP contribution is -2.23. The van der Waals surface area contributed by atoms with Crippen molar-refractivity contribution in [1.29, 1.82) is 0 Å². The van der Waals surface area contributed by atoms with E-state index in [-0.39, 0.29) is 0 Å². The number of ether oxygens (including phenoxy) is 1. The number of anilines is 1. The van der Waals surface area contributed by atoms with E-state index in [4.69, 9.17) is 4.74 Å². The Morgan fingerprint density at radius 1 is 1.56 bits per heavy atom. The minimum Gasteiger partial charge on any atom is -0.383 e. The van der Waals surface area contributed by atoms with Crippen LogP contribution < -0.4 is 5.32 Å². The van der Waals surface area contributed by atoms with Crippen LogP contribution in [-0.2, 0) is 11.3 Å². The maximum absolute atomic E-state index is 5.15. The molecule has 102 valence electrons. The van der Waals surface area contributed by atoms with Gasteiger partial charge >= 0.3 is 0 Å². The summed E-state index contributed by atoms with van der Waals surface area (Å²) in [6.45, 7) is 5.94. The highest BCUT2D eigenvalue weighted by molar-refractivity contribution is 5.30. The molecular weight excluding hydrogens is 226 g/mol. The SMILES string of the molecule is COCC(C)Nc1nc(C)cn1CCC1CCC1. The summed E-state index contributed by atoms with van der Waals surface area (Å²) in [6, 6.07) is 0.291. The second-order valence-electron chi connectivity index (χ2n) is 5.49. The van der Waals surface area contributed by atoms with Gasteiger partial charge in [0.25, 0.3) is 0 Å². The summed E-state index contributed by atoms with van der Waals surface area (Å²) in [4.78, 5) is 4.55. The van der Waals surface area contributed by atoms with E-state index in [2.05, 4.69) is 28.0 Å². The molecule has 1 heterocycles. The first kappa shape index (κ1) is 13.4. The molecule has 1 saturated carbocycles. The molecule has 1 aliphatic carbocycles. The molecule has 2 rings (SSSR count). The normalized spacial score (nSPS) is 17.5. The zero-order valence-electron chi connectivity index (χ0n) is 11.8. The first-order valence-electron chi connectivity index (χ1n) is 6.98. The molecular formula is C14H25N3O. The van der Waals surface area contributed by atoms with E-state index in [1.54, 1.807) is 7.11 Å². The average Bonchev–Trinajstić information content (AvgIpc) is 2.57. The van der Waals surface area contributed by atoms with Gasteiger partial charge in [-0.3, -0.25) is 0 Å². The van der Waals surface area contributed by atoms with Crippen molar-refractivity contribution < 1.29 is 4.74 Å². The van der Waals surface area contributed by atoms with E-state index in [9.17, 15) is 0 Å². The lowest BCUT2D eigenvalue weighted by molar-refractivity contribution is 0.190. The molecule has 0 radical (unpaired) electrons. The fourth-order valence-corrected chi connectivity index (χ4v) is 2.45. The molecule has 1 aromatic rings. The Balaban J connectivity index is 1.91. The fourth-order valence-electron chi connectivity index (χ4n) is 2.45. The van der Waals surface area contributed by atoms with Crippen molar-refractivity contribution in [3.8, 4) is 0 Å². The third-order valence-corrected chi connectivity index (χ3v) is 3.69. The molecule has 1 atom stereocenters. The van der Waals surface area contributed by atoms with Crippen molar-refractivity contribution in [3.05, 3.63) is 11.9 Å². The molecule has 0 amide bonds. The van der Waals surface area contributed by atoms with Crippen molar-refractivity contribution in [2.24, 2.45) is 5.92 Å². The molecule has 0 aromatic carbocycles. The standard InChI is InChI=1S/C14H25N3O/c1-11-9-17(8-7-13-5-4-6-13)14(15-11)16-12(2)10-18-3/h9,12-13H,4-8,10H2,1-3H3,(H,15,16). The number of hydrogen-bond donors (Lipinski definition) is 1. The average molecular weight is 251 g/mol. The number of hydrogen-bond acceptors (Lipinski definition) is 3. The molecule has 18 heavy (non-hydrogen) atoms. The summed E-state index contributed by atoms with van der Waals surface area (Å²) in [5, 5.41) is 3.42. The van der Waals surface area contributed by atoms with Crippen LogP contribution in [0.25, 0.3) is 0 Å². The number of rotatable bonds is 7. The second kappa shape index (κ2) is 6.23. The van der Waals surface area contributed by atoms with Gasteiger partial charge in [0.15, 0.2) is 0 Å². The second-order valence-corrected chi connectivity index (χ2v) is 5.49. The molecule has 1 aliphatic rings. The van der Waals surface area contributed by atoms with Gasteiger partial charge in [-0.1, -0.05) is 19.3 Å². The summed E-state index contributed by atoms with van der Waals surface area (Å²) in [7, 11) is 1.73. The summed E-state index contributed by atoms with van der Waals surface area (Å²) >= 11 is 0. The maximum Gasteiger partial charge on any atom is 0.203 e. The van der Waals surface area contributed by atoms with E-state index in [1.165, 1.54) is 25.7 Å². The van der Waals surface area contributed by atoms with Gasteiger partial charge in [-0.25, -0.2) is 4.98 Å². The molecule has 0 saturated heterocycles. The number of nitrogens with zero attached hydrogens (tertiary/aromatic N) is 2. The van der Waals surface area contributed by atoms with E-state index in [1.807, 2.05) is 6.92 Å². The van der Waals surface area contributed by atoms with Gasteiger partial charge in [0.1, 0.15) is 0 Å². The van der Waals surface area contributed by atoms with Crippen LogP contribution in [0, 0.1) is 12.8 Å². The highest BCUT2D eigenvalue weighted by Crippen LogP contribution is 2.30. The number of imidazole rings is 1. The monoisotopic (exact) mass is 251 g/mol.